The van der Waals surface area contributed by atoms with Crippen LogP contribution in [0.2, 0.25) is 0 Å². The molecule has 0 saturated heterocycles. The van der Waals surface area contributed by atoms with Gasteiger partial charge in [0.05, 0.1) is 0 Å². The van der Waals surface area contributed by atoms with E-state index in [0.29, 0.717) is 0 Å². The molecule has 1 unspecified atom stereocenters. The molecule has 1 atom stereocenters. The van der Waals surface area contributed by atoms with Gasteiger partial charge in [0.25, 0.3) is 0 Å². The van der Waals surface area contributed by atoms with Crippen molar-refractivity contribution < 1.29 is 14.9 Å². The van der Waals surface area contributed by atoms with Gasteiger partial charge in [-0.25, -0.2) is 0 Å². The van der Waals surface area contributed by atoms with Crippen LogP contribution in [0.15, 0.2) is 0 Å². The van der Waals surface area contributed by atoms with Gasteiger partial charge in [0, 0.05) is 5.48 Å². The third-order valence-electron chi connectivity index (χ3n) is 0. The molecule has 0 bridgehead atoms. The third kappa shape index (κ3) is 126. The molecule has 0 aromatic carbocycles. The first-order chi connectivity index (χ1) is 1.41. The van der Waals surface area contributed by atoms with Crippen LogP contribution in [-0.2, 0) is 10.0 Å². The molecule has 0 heterocycles. The Morgan fingerprint density at radius 2 is 1.75 bits per heavy atom. The van der Waals surface area contributed by atoms with Crippen LogP contribution in [0.25, 0.3) is 0 Å². The Hall–Kier alpha value is 0.150. The molecule has 26 valence electrons. The monoisotopic (exact) mass is 82.0 g/mol. The molecule has 0 aliphatic carbocycles. The Morgan fingerprint density at radius 3 is 1.75 bits per heavy atom. The zero-order valence-corrected chi connectivity index (χ0v) is 3.00. The van der Waals surface area contributed by atoms with E-state index in [0.717, 1.165) is 0 Å². The summed E-state index contributed by atoms with van der Waals surface area (Å²) in [5.41, 5.74) is 0. The standard InChI is InChI=1S/H3O2P.O/c1-3-2;/h3H2,(H,1,2);. The normalized spacial score (nSPS) is 7.25. The molecule has 0 amide bonds. The lowest BCUT2D eigenvalue weighted by Crippen LogP contribution is -1.03. The Kier molecular flexibility index (Phi) is 24.5. The van der Waals surface area contributed by atoms with Crippen molar-refractivity contribution in [2.24, 2.45) is 0 Å². The zero-order chi connectivity index (χ0) is 2.71. The van der Waals surface area contributed by atoms with E-state index in [1.165, 1.54) is 0 Å². The molecule has 0 spiro atoms. The number of rotatable bonds is 0. The average molecular weight is 82.0 g/mol. The van der Waals surface area contributed by atoms with Crippen molar-refractivity contribution in [3.63, 3.8) is 0 Å². The summed E-state index contributed by atoms with van der Waals surface area (Å²) in [5.74, 6) is 0. The molecule has 0 aromatic heterocycles. The van der Waals surface area contributed by atoms with Crippen LogP contribution in [0.4, 0.5) is 0 Å². The van der Waals surface area contributed by atoms with E-state index < -0.39 is 8.69 Å². The van der Waals surface area contributed by atoms with Crippen LogP contribution in [0, 0.1) is 0 Å². The van der Waals surface area contributed by atoms with Gasteiger partial charge in [-0.3, -0.25) is 4.57 Å². The van der Waals surface area contributed by atoms with Crippen molar-refractivity contribution in [1.29, 1.82) is 0 Å². The summed E-state index contributed by atoms with van der Waals surface area (Å²) < 4.78 is 8.57. The van der Waals surface area contributed by atoms with E-state index in [-0.39, 0.29) is 5.48 Å². The topological polar surface area (TPSA) is 65.8 Å². The summed E-state index contributed by atoms with van der Waals surface area (Å²) in [6.07, 6.45) is 0. The SMILES string of the molecule is O=[PH2]O.[O]. The smallest absolute Gasteiger partial charge is 0.177 e. The van der Waals surface area contributed by atoms with Gasteiger partial charge >= 0.3 is 0 Å². The molecule has 1 N–H and O–H groups in total. The lowest BCUT2D eigenvalue weighted by Gasteiger charge is -1.33. The molecule has 0 fully saturated rings. The molecular weight excluding hydrogens is 79.0 g/mol. The highest BCUT2D eigenvalue weighted by Gasteiger charge is 1.17. The van der Waals surface area contributed by atoms with Gasteiger partial charge in [-0.1, -0.05) is 0 Å². The van der Waals surface area contributed by atoms with Crippen LogP contribution >= 0.6 is 8.69 Å². The van der Waals surface area contributed by atoms with Gasteiger partial charge in [-0.05, 0) is 0 Å². The molecule has 0 aliphatic rings. The van der Waals surface area contributed by atoms with Crippen molar-refractivity contribution in [3.8, 4) is 0 Å². The van der Waals surface area contributed by atoms with E-state index in [1.54, 1.807) is 0 Å². The van der Waals surface area contributed by atoms with Crippen LogP contribution in [0.1, 0.15) is 0 Å². The number of hydrogen-bond donors (Lipinski definition) is 1. The maximum absolute atomic E-state index is 8.57. The van der Waals surface area contributed by atoms with Crippen molar-refractivity contribution in [3.05, 3.63) is 0 Å². The molecule has 4 heavy (non-hydrogen) atoms. The molecule has 4 heteroatoms. The highest BCUT2D eigenvalue weighted by molar-refractivity contribution is 7.16. The van der Waals surface area contributed by atoms with Crippen molar-refractivity contribution in [2.45, 2.75) is 0 Å². The lowest BCUT2D eigenvalue weighted by atomic mass is 15.9. The van der Waals surface area contributed by atoms with Crippen molar-refractivity contribution in [1.82, 2.24) is 0 Å². The number of hydrogen-bond acceptors (Lipinski definition) is 1. The summed E-state index contributed by atoms with van der Waals surface area (Å²) in [4.78, 5) is 7.10. The minimum Gasteiger partial charge on any atom is -0.348 e. The average Bonchev–Trinajstić information content (AvgIpc) is 0.918. The van der Waals surface area contributed by atoms with Gasteiger partial charge in [-0.2, -0.15) is 0 Å². The van der Waals surface area contributed by atoms with Crippen molar-refractivity contribution >= 4 is 8.69 Å². The Morgan fingerprint density at radius 1 is 1.75 bits per heavy atom. The van der Waals surface area contributed by atoms with Crippen LogP contribution in [0.3, 0.4) is 0 Å². The highest BCUT2D eigenvalue weighted by atomic mass is 31.1. The minimum atomic E-state index is -1.50. The van der Waals surface area contributed by atoms with E-state index in [2.05, 4.69) is 0 Å². The second kappa shape index (κ2) is 11.0. The maximum atomic E-state index is 8.57. The first-order valence-corrected chi connectivity index (χ1v) is 1.48. The van der Waals surface area contributed by atoms with E-state index in [1.807, 2.05) is 0 Å². The van der Waals surface area contributed by atoms with E-state index in [4.69, 9.17) is 9.46 Å². The van der Waals surface area contributed by atoms with Gasteiger partial charge < -0.3 is 4.89 Å². The maximum Gasteiger partial charge on any atom is 0.177 e. The van der Waals surface area contributed by atoms with E-state index in [9.17, 15) is 0 Å². The Balaban J connectivity index is 0. The fourth-order valence-electron chi connectivity index (χ4n) is 0. The van der Waals surface area contributed by atoms with Gasteiger partial charge in [0.1, 0.15) is 0 Å². The quantitative estimate of drug-likeness (QED) is 0.401. The molecule has 0 rings (SSSR count). The minimum absolute atomic E-state index is 0. The predicted molar refractivity (Wildman–Crippen MR) is 13.3 cm³/mol. The first-order valence-electron chi connectivity index (χ1n) is 0.494. The largest absolute Gasteiger partial charge is 0.348 e. The van der Waals surface area contributed by atoms with Crippen LogP contribution < -0.4 is 0 Å². The van der Waals surface area contributed by atoms with Gasteiger partial charge in [0.2, 0.25) is 0 Å². The molecule has 0 saturated carbocycles. The first kappa shape index (κ1) is 8.91. The van der Waals surface area contributed by atoms with Crippen LogP contribution in [-0.4, -0.2) is 4.89 Å². The summed E-state index contributed by atoms with van der Waals surface area (Å²) in [7, 11) is -1.50. The van der Waals surface area contributed by atoms with Gasteiger partial charge in [-0.15, -0.1) is 0 Å². The summed E-state index contributed by atoms with van der Waals surface area (Å²) in [6.45, 7) is 0. The fourth-order valence-corrected chi connectivity index (χ4v) is 0. The zero-order valence-electron chi connectivity index (χ0n) is 1.84. The summed E-state index contributed by atoms with van der Waals surface area (Å²) >= 11 is 0. The predicted octanol–water partition coefficient (Wildman–Crippen LogP) is -0.469. The summed E-state index contributed by atoms with van der Waals surface area (Å²) in [6, 6.07) is 0. The second-order valence-corrected chi connectivity index (χ2v) is 0.316. The molecule has 2 radical (unpaired) electrons. The van der Waals surface area contributed by atoms with Crippen molar-refractivity contribution in [2.75, 3.05) is 0 Å². The fraction of sp³-hybridized carbons (Fsp3) is 0. The lowest BCUT2D eigenvalue weighted by molar-refractivity contribution is 0.524. The Labute approximate surface area is 24.9 Å². The molecule has 0 aliphatic heterocycles. The van der Waals surface area contributed by atoms with Gasteiger partial charge in [0.15, 0.2) is 8.69 Å². The van der Waals surface area contributed by atoms with E-state index >= 15 is 0 Å². The Bertz CT molecular complexity index is 10.8. The molecule has 0 aromatic rings. The van der Waals surface area contributed by atoms with Crippen LogP contribution in [0.5, 0.6) is 0 Å². The highest BCUT2D eigenvalue weighted by Crippen LogP contribution is 1.66. The third-order valence-corrected chi connectivity index (χ3v) is 0. The second-order valence-electron chi connectivity index (χ2n) is 0.105. The molecule has 3 nitrogen and oxygen atoms in total. The summed E-state index contributed by atoms with van der Waals surface area (Å²) in [5, 5.41) is 0. The molecular formula is H3O3P.